The smallest absolute Gasteiger partial charge is 0.315 e. The quantitative estimate of drug-likeness (QED) is 0.298. The molecule has 0 aliphatic rings. The van der Waals surface area contributed by atoms with Crippen LogP contribution in [0.3, 0.4) is 0 Å². The highest BCUT2D eigenvalue weighted by Gasteiger charge is 2.27. The van der Waals surface area contributed by atoms with Crippen molar-refractivity contribution < 1.29 is 4.79 Å². The Kier molecular flexibility index (Phi) is 7.36. The van der Waals surface area contributed by atoms with Crippen molar-refractivity contribution in [1.29, 1.82) is 0 Å². The molecule has 0 spiro atoms. The molecule has 0 saturated heterocycles. The number of amides is 2. The second-order valence-electron chi connectivity index (χ2n) is 8.72. The van der Waals surface area contributed by atoms with Crippen molar-refractivity contribution >= 4 is 38.6 Å². The lowest BCUT2D eigenvalue weighted by atomic mass is 10.1. The van der Waals surface area contributed by atoms with Gasteiger partial charge in [0.15, 0.2) is 0 Å². The normalized spacial score (nSPS) is 11.9. The van der Waals surface area contributed by atoms with Crippen LogP contribution in [-0.2, 0) is 0 Å². The molecule has 0 fully saturated rings. The van der Waals surface area contributed by atoms with Crippen LogP contribution in [0.15, 0.2) is 76.0 Å². The SMILES string of the molecule is CCCN(C(=O)Nc1ccc(Br)cc1)C(C)c1nc2ccccc2c(=O)n1-c1ccc(C)cc1C. The maximum atomic E-state index is 13.8. The number of nitrogens with zero attached hydrogens (tertiary/aromatic N) is 3. The van der Waals surface area contributed by atoms with Crippen LogP contribution >= 0.6 is 15.9 Å². The van der Waals surface area contributed by atoms with Gasteiger partial charge in [-0.15, -0.1) is 0 Å². The number of fused-ring (bicyclic) bond motifs is 1. The molecule has 0 aliphatic heterocycles. The second kappa shape index (κ2) is 10.4. The molecule has 35 heavy (non-hydrogen) atoms. The number of hydrogen-bond acceptors (Lipinski definition) is 3. The molecule has 1 unspecified atom stereocenters. The van der Waals surface area contributed by atoms with Gasteiger partial charge in [0, 0.05) is 16.7 Å². The van der Waals surface area contributed by atoms with Gasteiger partial charge in [0.1, 0.15) is 5.82 Å². The highest BCUT2D eigenvalue weighted by molar-refractivity contribution is 9.10. The van der Waals surface area contributed by atoms with Crippen LogP contribution in [0.4, 0.5) is 10.5 Å². The number of aromatic nitrogens is 2. The Hall–Kier alpha value is -3.45. The summed E-state index contributed by atoms with van der Waals surface area (Å²) in [6.07, 6.45) is 0.763. The van der Waals surface area contributed by atoms with E-state index in [2.05, 4.69) is 27.3 Å². The first-order valence-electron chi connectivity index (χ1n) is 11.7. The maximum absolute atomic E-state index is 13.8. The number of rotatable bonds is 6. The van der Waals surface area contributed by atoms with Gasteiger partial charge in [0.2, 0.25) is 0 Å². The molecule has 4 rings (SSSR count). The lowest BCUT2D eigenvalue weighted by Gasteiger charge is -2.30. The third-order valence-corrected chi connectivity index (χ3v) is 6.59. The number of aryl methyl sites for hydroxylation is 2. The van der Waals surface area contributed by atoms with Crippen LogP contribution in [0.25, 0.3) is 16.6 Å². The summed E-state index contributed by atoms with van der Waals surface area (Å²) in [5.41, 5.74) is 4.03. The summed E-state index contributed by atoms with van der Waals surface area (Å²) in [6, 6.07) is 20.1. The fourth-order valence-electron chi connectivity index (χ4n) is 4.30. The topological polar surface area (TPSA) is 67.2 Å². The average Bonchev–Trinajstić information content (AvgIpc) is 2.84. The number of nitrogens with one attached hydrogen (secondary N) is 1. The molecule has 0 saturated carbocycles. The number of carbonyl (C=O) groups is 1. The van der Waals surface area contributed by atoms with E-state index in [1.165, 1.54) is 0 Å². The lowest BCUT2D eigenvalue weighted by Crippen LogP contribution is -2.40. The lowest BCUT2D eigenvalue weighted by molar-refractivity contribution is 0.189. The second-order valence-corrected chi connectivity index (χ2v) is 9.64. The zero-order valence-electron chi connectivity index (χ0n) is 20.4. The summed E-state index contributed by atoms with van der Waals surface area (Å²) >= 11 is 3.42. The fraction of sp³-hybridized carbons (Fsp3) is 0.250. The first kappa shape index (κ1) is 24.7. The van der Waals surface area contributed by atoms with Gasteiger partial charge in [-0.2, -0.15) is 0 Å². The van der Waals surface area contributed by atoms with Crippen LogP contribution in [0.1, 0.15) is 43.3 Å². The van der Waals surface area contributed by atoms with Gasteiger partial charge >= 0.3 is 6.03 Å². The standard InChI is InChI=1S/C28H29BrN4O2/c1-5-16-32(28(35)30-22-13-11-21(29)12-14-22)20(4)26-31-24-9-7-6-8-23(24)27(34)33(26)25-15-10-18(2)17-19(25)3/h6-15,17,20H,5,16H2,1-4H3,(H,30,35). The summed E-state index contributed by atoms with van der Waals surface area (Å²) in [5, 5.41) is 3.53. The highest BCUT2D eigenvalue weighted by atomic mass is 79.9. The molecule has 6 nitrogen and oxygen atoms in total. The number of carbonyl (C=O) groups excluding carboxylic acids is 1. The van der Waals surface area contributed by atoms with Crippen molar-refractivity contribution in [2.24, 2.45) is 0 Å². The first-order chi connectivity index (χ1) is 16.8. The predicted molar refractivity (Wildman–Crippen MR) is 145 cm³/mol. The Morgan fingerprint density at radius 1 is 1.09 bits per heavy atom. The number of hydrogen-bond donors (Lipinski definition) is 1. The summed E-state index contributed by atoms with van der Waals surface area (Å²) in [4.78, 5) is 33.8. The molecule has 4 aromatic rings. The van der Waals surface area contributed by atoms with Crippen LogP contribution in [-0.4, -0.2) is 27.0 Å². The van der Waals surface area contributed by atoms with Gasteiger partial charge in [0.05, 0.1) is 22.6 Å². The van der Waals surface area contributed by atoms with Crippen LogP contribution < -0.4 is 10.9 Å². The molecule has 2 amide bonds. The number of urea groups is 1. The van der Waals surface area contributed by atoms with Crippen molar-refractivity contribution in [3.63, 3.8) is 0 Å². The average molecular weight is 533 g/mol. The summed E-state index contributed by atoms with van der Waals surface area (Å²) < 4.78 is 2.60. The zero-order chi connectivity index (χ0) is 25.1. The Bertz CT molecular complexity index is 1430. The number of anilines is 1. The molecule has 1 aromatic heterocycles. The summed E-state index contributed by atoms with van der Waals surface area (Å²) in [6.45, 7) is 8.48. The molecular formula is C28H29BrN4O2. The van der Waals surface area contributed by atoms with E-state index >= 15 is 0 Å². The molecule has 0 aliphatic carbocycles. The van der Waals surface area contributed by atoms with E-state index in [-0.39, 0.29) is 11.6 Å². The highest BCUT2D eigenvalue weighted by Crippen LogP contribution is 2.26. The van der Waals surface area contributed by atoms with E-state index in [1.54, 1.807) is 15.5 Å². The molecule has 1 N–H and O–H groups in total. The van der Waals surface area contributed by atoms with Crippen molar-refractivity contribution in [1.82, 2.24) is 14.5 Å². The van der Waals surface area contributed by atoms with Crippen molar-refractivity contribution in [2.75, 3.05) is 11.9 Å². The molecular weight excluding hydrogens is 504 g/mol. The number of benzene rings is 3. The molecule has 0 bridgehead atoms. The van der Waals surface area contributed by atoms with Gasteiger partial charge in [-0.3, -0.25) is 9.36 Å². The molecule has 1 heterocycles. The maximum Gasteiger partial charge on any atom is 0.322 e. The van der Waals surface area contributed by atoms with Crippen LogP contribution in [0.5, 0.6) is 0 Å². The van der Waals surface area contributed by atoms with Gasteiger partial charge < -0.3 is 10.2 Å². The van der Waals surface area contributed by atoms with Crippen LogP contribution in [0, 0.1) is 13.8 Å². The van der Waals surface area contributed by atoms with Crippen molar-refractivity contribution in [3.05, 3.63) is 98.5 Å². The molecule has 1 atom stereocenters. The summed E-state index contributed by atoms with van der Waals surface area (Å²) in [5.74, 6) is 0.528. The minimum Gasteiger partial charge on any atom is -0.315 e. The van der Waals surface area contributed by atoms with Gasteiger partial charge in [0.25, 0.3) is 5.56 Å². The molecule has 3 aromatic carbocycles. The summed E-state index contributed by atoms with van der Waals surface area (Å²) in [7, 11) is 0. The zero-order valence-corrected chi connectivity index (χ0v) is 22.0. The fourth-order valence-corrected chi connectivity index (χ4v) is 4.56. The van der Waals surface area contributed by atoms with Gasteiger partial charge in [-0.25, -0.2) is 9.78 Å². The minimum absolute atomic E-state index is 0.144. The molecule has 0 radical (unpaired) electrons. The van der Waals surface area contributed by atoms with Gasteiger partial charge in [-0.1, -0.05) is 52.7 Å². The molecule has 180 valence electrons. The van der Waals surface area contributed by atoms with E-state index in [9.17, 15) is 9.59 Å². The molecule has 7 heteroatoms. The Morgan fingerprint density at radius 2 is 1.80 bits per heavy atom. The van der Waals surface area contributed by atoms with Crippen molar-refractivity contribution in [2.45, 2.75) is 40.2 Å². The minimum atomic E-state index is -0.455. The Morgan fingerprint density at radius 3 is 2.49 bits per heavy atom. The van der Waals surface area contributed by atoms with E-state index < -0.39 is 6.04 Å². The van der Waals surface area contributed by atoms with Crippen LogP contribution in [0.2, 0.25) is 0 Å². The van der Waals surface area contributed by atoms with E-state index in [0.29, 0.717) is 29.0 Å². The first-order valence-corrected chi connectivity index (χ1v) is 12.5. The van der Waals surface area contributed by atoms with E-state index in [0.717, 1.165) is 27.7 Å². The Labute approximate surface area is 213 Å². The van der Waals surface area contributed by atoms with Gasteiger partial charge in [-0.05, 0) is 75.2 Å². The van der Waals surface area contributed by atoms with E-state index in [1.807, 2.05) is 82.3 Å². The number of para-hydroxylation sites is 1. The van der Waals surface area contributed by atoms with E-state index in [4.69, 9.17) is 4.98 Å². The third kappa shape index (κ3) is 5.15. The number of halogens is 1. The van der Waals surface area contributed by atoms with Crippen molar-refractivity contribution in [3.8, 4) is 5.69 Å². The third-order valence-electron chi connectivity index (χ3n) is 6.06. The monoisotopic (exact) mass is 532 g/mol. The Balaban J connectivity index is 1.84. The predicted octanol–water partition coefficient (Wildman–Crippen LogP) is 6.77. The largest absolute Gasteiger partial charge is 0.322 e.